The minimum atomic E-state index is -0.365. The number of esters is 2. The smallest absolute Gasteiger partial charge is 0.312 e. The van der Waals surface area contributed by atoms with Crippen LogP contribution >= 0.6 is 0 Å². The molecule has 6 aliphatic rings. The number of ether oxygens (including phenoxy) is 3. The van der Waals surface area contributed by atoms with E-state index in [-0.39, 0.29) is 48.5 Å². The fourth-order valence-electron chi connectivity index (χ4n) is 8.21. The highest BCUT2D eigenvalue weighted by Gasteiger charge is 2.61. The van der Waals surface area contributed by atoms with Crippen LogP contribution in [0.5, 0.6) is 0 Å². The van der Waals surface area contributed by atoms with Crippen LogP contribution in [0.4, 0.5) is 0 Å². The summed E-state index contributed by atoms with van der Waals surface area (Å²) in [5.41, 5.74) is 0. The molecule has 0 heterocycles. The molecule has 5 heteroatoms. The fraction of sp³-hybridized carbons (Fsp3) is 0.917. The van der Waals surface area contributed by atoms with E-state index in [4.69, 9.17) is 14.2 Å². The summed E-state index contributed by atoms with van der Waals surface area (Å²) in [5.74, 6) is 3.08. The molecule has 0 aliphatic heterocycles. The van der Waals surface area contributed by atoms with Gasteiger partial charge in [0.1, 0.15) is 6.10 Å². The molecule has 6 atom stereocenters. The third kappa shape index (κ3) is 3.23. The Hall–Kier alpha value is -1.10. The van der Waals surface area contributed by atoms with Crippen molar-refractivity contribution < 1.29 is 23.8 Å². The van der Waals surface area contributed by atoms with Crippen LogP contribution in [0.25, 0.3) is 0 Å². The average Bonchev–Trinajstić information content (AvgIpc) is 3.21. The Morgan fingerprint density at radius 2 is 1.34 bits per heavy atom. The molecule has 162 valence electrons. The SMILES string of the molecule is CCOCOC(=O)C1C2CC(C(C)C2C)C1C(=O)OC1C2CC3CC(C2)CC1C3. The lowest BCUT2D eigenvalue weighted by Crippen LogP contribution is -2.51. The third-order valence-corrected chi connectivity index (χ3v) is 9.46. The van der Waals surface area contributed by atoms with Crippen molar-refractivity contribution in [2.45, 2.75) is 65.4 Å². The number of rotatable bonds is 6. The lowest BCUT2D eigenvalue weighted by Gasteiger charge is -2.53. The van der Waals surface area contributed by atoms with Crippen LogP contribution in [0.2, 0.25) is 0 Å². The number of carbonyl (C=O) groups is 2. The molecule has 0 saturated heterocycles. The van der Waals surface area contributed by atoms with Crippen molar-refractivity contribution >= 4 is 11.9 Å². The lowest BCUT2D eigenvalue weighted by molar-refractivity contribution is -0.186. The number of hydrogen-bond donors (Lipinski definition) is 0. The molecular formula is C24H36O5. The summed E-state index contributed by atoms with van der Waals surface area (Å²) in [5, 5.41) is 0. The average molecular weight is 405 g/mol. The molecule has 6 aliphatic carbocycles. The first-order chi connectivity index (χ1) is 14.0. The fourth-order valence-corrected chi connectivity index (χ4v) is 8.21. The van der Waals surface area contributed by atoms with Crippen molar-refractivity contribution in [1.82, 2.24) is 0 Å². The van der Waals surface area contributed by atoms with E-state index in [2.05, 4.69) is 13.8 Å². The van der Waals surface area contributed by atoms with E-state index >= 15 is 0 Å². The Balaban J connectivity index is 1.31. The topological polar surface area (TPSA) is 61.8 Å². The molecule has 0 spiro atoms. The van der Waals surface area contributed by atoms with Gasteiger partial charge in [-0.1, -0.05) is 13.8 Å². The monoisotopic (exact) mass is 404 g/mol. The Bertz CT molecular complexity index is 632. The summed E-state index contributed by atoms with van der Waals surface area (Å²) in [7, 11) is 0. The summed E-state index contributed by atoms with van der Waals surface area (Å²) in [6, 6.07) is 0. The zero-order valence-corrected chi connectivity index (χ0v) is 18.0. The molecule has 6 fully saturated rings. The molecule has 6 bridgehead atoms. The standard InChI is InChI=1S/C24H36O5/c1-4-27-11-28-23(25)20-18-10-19(13(3)12(18)2)21(20)24(26)29-22-16-6-14-5-15(8-16)9-17(22)7-14/h12-22H,4-11H2,1-3H3. The summed E-state index contributed by atoms with van der Waals surface area (Å²) >= 11 is 0. The second kappa shape index (κ2) is 7.55. The van der Waals surface area contributed by atoms with E-state index in [1.54, 1.807) is 0 Å². The van der Waals surface area contributed by atoms with Crippen LogP contribution in [0.3, 0.4) is 0 Å². The Labute approximate surface area is 174 Å². The van der Waals surface area contributed by atoms with Gasteiger partial charge in [-0.15, -0.1) is 0 Å². The lowest BCUT2D eigenvalue weighted by atomic mass is 9.55. The van der Waals surface area contributed by atoms with Crippen LogP contribution in [0.1, 0.15) is 59.3 Å². The third-order valence-electron chi connectivity index (χ3n) is 9.46. The van der Waals surface area contributed by atoms with E-state index in [9.17, 15) is 9.59 Å². The van der Waals surface area contributed by atoms with Gasteiger partial charge in [0, 0.05) is 6.61 Å². The minimum absolute atomic E-state index is 0.0233. The van der Waals surface area contributed by atoms with Crippen molar-refractivity contribution in [3.8, 4) is 0 Å². The molecule has 6 rings (SSSR count). The van der Waals surface area contributed by atoms with Crippen molar-refractivity contribution in [2.75, 3.05) is 13.4 Å². The van der Waals surface area contributed by atoms with Gasteiger partial charge in [-0.05, 0) is 92.8 Å². The molecule has 0 radical (unpaired) electrons. The molecule has 0 aromatic heterocycles. The van der Waals surface area contributed by atoms with E-state index in [1.165, 1.54) is 32.1 Å². The van der Waals surface area contributed by atoms with Crippen LogP contribution < -0.4 is 0 Å². The van der Waals surface area contributed by atoms with E-state index < -0.39 is 0 Å². The van der Waals surface area contributed by atoms with Gasteiger partial charge in [0.05, 0.1) is 11.8 Å². The highest BCUT2D eigenvalue weighted by Crippen LogP contribution is 2.60. The maximum absolute atomic E-state index is 13.5. The largest absolute Gasteiger partial charge is 0.462 e. The van der Waals surface area contributed by atoms with Gasteiger partial charge < -0.3 is 14.2 Å². The van der Waals surface area contributed by atoms with E-state index in [1.807, 2.05) is 6.92 Å². The minimum Gasteiger partial charge on any atom is -0.462 e. The van der Waals surface area contributed by atoms with Crippen molar-refractivity contribution in [1.29, 1.82) is 0 Å². The van der Waals surface area contributed by atoms with Crippen molar-refractivity contribution in [3.05, 3.63) is 0 Å². The maximum atomic E-state index is 13.5. The molecule has 0 aromatic rings. The van der Waals surface area contributed by atoms with Crippen molar-refractivity contribution in [3.63, 3.8) is 0 Å². The second-order valence-electron chi connectivity index (χ2n) is 10.7. The normalized spacial score (nSPS) is 49.4. The summed E-state index contributed by atoms with van der Waals surface area (Å²) in [6.45, 7) is 6.82. The van der Waals surface area contributed by atoms with Gasteiger partial charge in [0.15, 0.2) is 6.79 Å². The Kier molecular flexibility index (Phi) is 5.16. The van der Waals surface area contributed by atoms with Crippen molar-refractivity contribution in [2.24, 2.45) is 59.2 Å². The first-order valence-corrected chi connectivity index (χ1v) is 11.9. The summed E-state index contributed by atoms with van der Waals surface area (Å²) in [6.07, 6.45) is 7.34. The quantitative estimate of drug-likeness (QED) is 0.380. The molecular weight excluding hydrogens is 368 g/mol. The van der Waals surface area contributed by atoms with Crippen LogP contribution in [-0.4, -0.2) is 31.4 Å². The Morgan fingerprint density at radius 3 is 1.90 bits per heavy atom. The highest BCUT2D eigenvalue weighted by atomic mass is 16.7. The van der Waals surface area contributed by atoms with Gasteiger partial charge in [0.2, 0.25) is 0 Å². The number of hydrogen-bond acceptors (Lipinski definition) is 5. The molecule has 29 heavy (non-hydrogen) atoms. The summed E-state index contributed by atoms with van der Waals surface area (Å²) < 4.78 is 16.9. The molecule has 6 unspecified atom stereocenters. The van der Waals surface area contributed by atoms with Gasteiger partial charge in [-0.2, -0.15) is 0 Å². The first kappa shape index (κ1) is 19.8. The molecule has 0 N–H and O–H groups in total. The van der Waals surface area contributed by atoms with Crippen LogP contribution in [0.15, 0.2) is 0 Å². The van der Waals surface area contributed by atoms with Gasteiger partial charge in [0.25, 0.3) is 0 Å². The molecule has 6 saturated carbocycles. The zero-order valence-electron chi connectivity index (χ0n) is 18.0. The van der Waals surface area contributed by atoms with Crippen LogP contribution in [0, 0.1) is 59.2 Å². The van der Waals surface area contributed by atoms with Gasteiger partial charge >= 0.3 is 11.9 Å². The van der Waals surface area contributed by atoms with E-state index in [0.717, 1.165) is 18.3 Å². The molecule has 5 nitrogen and oxygen atoms in total. The predicted octanol–water partition coefficient (Wildman–Crippen LogP) is 4.05. The van der Waals surface area contributed by atoms with E-state index in [0.29, 0.717) is 30.3 Å². The molecule has 0 amide bonds. The second-order valence-corrected chi connectivity index (χ2v) is 10.7. The highest BCUT2D eigenvalue weighted by molar-refractivity contribution is 5.84. The molecule has 0 aromatic carbocycles. The van der Waals surface area contributed by atoms with Crippen LogP contribution in [-0.2, 0) is 23.8 Å². The predicted molar refractivity (Wildman–Crippen MR) is 106 cm³/mol. The first-order valence-electron chi connectivity index (χ1n) is 11.9. The maximum Gasteiger partial charge on any atom is 0.312 e. The number of fused-ring (bicyclic) bond motifs is 2. The summed E-state index contributed by atoms with van der Waals surface area (Å²) in [4.78, 5) is 26.4. The number of carbonyl (C=O) groups excluding carboxylic acids is 2. The van der Waals surface area contributed by atoms with Gasteiger partial charge in [-0.3, -0.25) is 9.59 Å². The zero-order chi connectivity index (χ0) is 20.3. The Morgan fingerprint density at radius 1 is 0.793 bits per heavy atom. The van der Waals surface area contributed by atoms with Gasteiger partial charge in [-0.25, -0.2) is 0 Å².